The summed E-state index contributed by atoms with van der Waals surface area (Å²) in [5, 5.41) is 12.9. The van der Waals surface area contributed by atoms with Crippen molar-refractivity contribution in [2.75, 3.05) is 32.5 Å². The second kappa shape index (κ2) is 9.85. The summed E-state index contributed by atoms with van der Waals surface area (Å²) in [5.74, 6) is -0.979. The molecule has 0 spiro atoms. The molecule has 10 nitrogen and oxygen atoms in total. The normalized spacial score (nSPS) is 20.1. The minimum atomic E-state index is -0.728. The number of likely N-dealkylation sites (tertiary alicyclic amines) is 1. The number of halogens is 1. The van der Waals surface area contributed by atoms with Crippen LogP contribution in [0.2, 0.25) is 5.02 Å². The third-order valence-electron chi connectivity index (χ3n) is 6.79. The van der Waals surface area contributed by atoms with Gasteiger partial charge in [0.15, 0.2) is 5.65 Å². The smallest absolute Gasteiger partial charge is 0.319 e. The number of ether oxygens (including phenoxy) is 1. The van der Waals surface area contributed by atoms with E-state index < -0.39 is 5.97 Å². The van der Waals surface area contributed by atoms with E-state index in [0.29, 0.717) is 53.8 Å². The molecule has 2 amide bonds. The molecule has 1 saturated carbocycles. The van der Waals surface area contributed by atoms with Crippen LogP contribution in [0.5, 0.6) is 6.01 Å². The molecule has 3 aromatic rings. The second-order valence-corrected chi connectivity index (χ2v) is 10.0. The topological polar surface area (TPSA) is 124 Å². The van der Waals surface area contributed by atoms with Crippen LogP contribution >= 0.6 is 11.6 Å². The number of carbonyl (C=O) groups is 2. The number of aromatic nitrogens is 3. The van der Waals surface area contributed by atoms with Gasteiger partial charge in [0.05, 0.1) is 22.2 Å². The summed E-state index contributed by atoms with van der Waals surface area (Å²) >= 11 is 6.55. The Balaban J connectivity index is 1.23. The van der Waals surface area contributed by atoms with Crippen molar-refractivity contribution in [1.29, 1.82) is 0 Å². The molecule has 2 fully saturated rings. The summed E-state index contributed by atoms with van der Waals surface area (Å²) in [6.45, 7) is 1.28. The van der Waals surface area contributed by atoms with Gasteiger partial charge in [-0.05, 0) is 31.0 Å². The number of pyridine rings is 1. The number of aliphatic carboxylic acids is 1. The fourth-order valence-corrected chi connectivity index (χ4v) is 4.92. The number of carbonyl (C=O) groups excluding carboxylic acids is 1. The number of fused-ring (bicyclic) bond motifs is 1. The summed E-state index contributed by atoms with van der Waals surface area (Å²) in [4.78, 5) is 38.8. The lowest BCUT2D eigenvalue weighted by molar-refractivity contribution is -0.144. The molecule has 1 saturated heterocycles. The Morgan fingerprint density at radius 1 is 1.17 bits per heavy atom. The number of urea groups is 1. The van der Waals surface area contributed by atoms with Crippen LogP contribution < -0.4 is 10.1 Å². The maximum absolute atomic E-state index is 12.1. The molecule has 5 rings (SSSR count). The van der Waals surface area contributed by atoms with E-state index in [1.807, 2.05) is 29.2 Å². The average Bonchev–Trinajstić information content (AvgIpc) is 3.21. The Labute approximate surface area is 213 Å². The zero-order chi connectivity index (χ0) is 25.4. The van der Waals surface area contributed by atoms with Crippen LogP contribution in [-0.2, 0) is 4.79 Å². The number of rotatable bonds is 6. The lowest BCUT2D eigenvalue weighted by Gasteiger charge is -2.33. The number of anilines is 1. The van der Waals surface area contributed by atoms with Crippen molar-refractivity contribution in [3.63, 3.8) is 0 Å². The summed E-state index contributed by atoms with van der Waals surface area (Å²) in [6, 6.07) is 10.1. The van der Waals surface area contributed by atoms with Crippen molar-refractivity contribution >= 4 is 40.5 Å². The van der Waals surface area contributed by atoms with Gasteiger partial charge in [0.2, 0.25) is 0 Å². The number of hydrogen-bond donors (Lipinski definition) is 3. The molecule has 11 heteroatoms. The number of nitrogens with one attached hydrogen (secondary N) is 2. The van der Waals surface area contributed by atoms with E-state index in [0.717, 1.165) is 24.1 Å². The van der Waals surface area contributed by atoms with Crippen molar-refractivity contribution in [2.24, 2.45) is 5.92 Å². The highest BCUT2D eigenvalue weighted by molar-refractivity contribution is 6.33. The van der Waals surface area contributed by atoms with Crippen molar-refractivity contribution in [1.82, 2.24) is 24.8 Å². The van der Waals surface area contributed by atoms with Gasteiger partial charge in [0.1, 0.15) is 6.10 Å². The second-order valence-electron chi connectivity index (χ2n) is 9.64. The number of nitrogens with zero attached hydrogens (tertiary/aromatic N) is 4. The number of benzene rings is 1. The van der Waals surface area contributed by atoms with E-state index in [9.17, 15) is 9.59 Å². The molecule has 0 atom stereocenters. The molecule has 1 aliphatic carbocycles. The predicted molar refractivity (Wildman–Crippen MR) is 136 cm³/mol. The van der Waals surface area contributed by atoms with E-state index >= 15 is 0 Å². The summed E-state index contributed by atoms with van der Waals surface area (Å²) in [5.41, 5.74) is 3.61. The van der Waals surface area contributed by atoms with Crippen molar-refractivity contribution in [2.45, 2.75) is 37.8 Å². The van der Waals surface area contributed by atoms with Crippen LogP contribution in [0.1, 0.15) is 25.7 Å². The fraction of sp³-hybridized carbons (Fsp3) is 0.440. The maximum atomic E-state index is 12.1. The van der Waals surface area contributed by atoms with Crippen molar-refractivity contribution < 1.29 is 19.4 Å². The molecule has 2 aliphatic rings. The van der Waals surface area contributed by atoms with Gasteiger partial charge in [-0.25, -0.2) is 9.78 Å². The van der Waals surface area contributed by atoms with E-state index in [-0.39, 0.29) is 24.1 Å². The number of aromatic amines is 1. The highest BCUT2D eigenvalue weighted by Crippen LogP contribution is 2.33. The quantitative estimate of drug-likeness (QED) is 0.454. The van der Waals surface area contributed by atoms with Gasteiger partial charge < -0.3 is 29.9 Å². The van der Waals surface area contributed by atoms with Gasteiger partial charge in [0.25, 0.3) is 6.01 Å². The van der Waals surface area contributed by atoms with E-state index in [2.05, 4.69) is 20.3 Å². The monoisotopic (exact) mass is 512 g/mol. The van der Waals surface area contributed by atoms with Gasteiger partial charge in [0, 0.05) is 57.3 Å². The zero-order valence-electron chi connectivity index (χ0n) is 20.2. The fourth-order valence-electron chi connectivity index (χ4n) is 4.66. The number of carboxylic acid groups (broad SMARTS) is 1. The largest absolute Gasteiger partial charge is 0.481 e. The third kappa shape index (κ3) is 5.04. The minimum Gasteiger partial charge on any atom is -0.481 e. The van der Waals surface area contributed by atoms with Crippen LogP contribution in [0.4, 0.5) is 10.5 Å². The van der Waals surface area contributed by atoms with Gasteiger partial charge in [-0.3, -0.25) is 4.79 Å². The predicted octanol–water partition coefficient (Wildman–Crippen LogP) is 4.08. The maximum Gasteiger partial charge on any atom is 0.319 e. The number of hydrogen-bond acceptors (Lipinski definition) is 6. The molecule has 36 heavy (non-hydrogen) atoms. The lowest BCUT2D eigenvalue weighted by Crippen LogP contribution is -2.46. The van der Waals surface area contributed by atoms with Crippen LogP contribution in [0, 0.1) is 5.92 Å². The highest BCUT2D eigenvalue weighted by Gasteiger charge is 2.34. The van der Waals surface area contributed by atoms with Crippen LogP contribution in [-0.4, -0.2) is 81.2 Å². The molecule has 1 aliphatic heterocycles. The first-order valence-corrected chi connectivity index (χ1v) is 12.4. The Bertz CT molecular complexity index is 1260. The zero-order valence-corrected chi connectivity index (χ0v) is 21.0. The van der Waals surface area contributed by atoms with E-state index in [4.69, 9.17) is 21.4 Å². The number of carboxylic acids is 1. The summed E-state index contributed by atoms with van der Waals surface area (Å²) < 4.78 is 6.06. The molecule has 2 aromatic heterocycles. The Kier molecular flexibility index (Phi) is 6.61. The van der Waals surface area contributed by atoms with Gasteiger partial charge >= 0.3 is 12.0 Å². The molecule has 0 radical (unpaired) electrons. The van der Waals surface area contributed by atoms with E-state index in [1.165, 1.54) is 0 Å². The molecular formula is C25H29ClN6O4. The van der Waals surface area contributed by atoms with E-state index in [1.54, 1.807) is 25.1 Å². The first-order chi connectivity index (χ1) is 17.3. The number of H-pyrrole nitrogens is 1. The van der Waals surface area contributed by atoms with Gasteiger partial charge in [-0.15, -0.1) is 0 Å². The molecule has 190 valence electrons. The molecule has 3 heterocycles. The summed E-state index contributed by atoms with van der Waals surface area (Å²) in [7, 11) is 3.51. The standard InChI is InChI=1S/C25H29ClN6O4/c1-31(2)25(35)32-9-7-18(8-10-32)36-24-28-20-13-19(26)21(29-22(20)30-24)14-3-5-16(6-4-14)27-17-11-15(12-17)23(33)34/h3-6,13,15,17-18,27H,7-12H2,1-2H3,(H,33,34)(H,28,29,30). The van der Waals surface area contributed by atoms with Crippen LogP contribution in [0.25, 0.3) is 22.4 Å². The number of amides is 2. The number of imidazole rings is 1. The number of piperidine rings is 1. The Hall–Kier alpha value is -3.53. The minimum absolute atomic E-state index is 0.0160. The molecule has 0 unspecified atom stereocenters. The third-order valence-corrected chi connectivity index (χ3v) is 7.08. The summed E-state index contributed by atoms with van der Waals surface area (Å²) in [6.07, 6.45) is 2.70. The van der Waals surface area contributed by atoms with Gasteiger partial charge in [-0.2, -0.15) is 4.98 Å². The lowest BCUT2D eigenvalue weighted by atomic mass is 9.80. The van der Waals surface area contributed by atoms with Crippen LogP contribution in [0.3, 0.4) is 0 Å². The first kappa shape index (κ1) is 24.2. The molecular weight excluding hydrogens is 484 g/mol. The van der Waals surface area contributed by atoms with Gasteiger partial charge in [-0.1, -0.05) is 23.7 Å². The average molecular weight is 513 g/mol. The van der Waals surface area contributed by atoms with Crippen molar-refractivity contribution in [3.8, 4) is 17.3 Å². The van der Waals surface area contributed by atoms with Crippen LogP contribution in [0.15, 0.2) is 30.3 Å². The highest BCUT2D eigenvalue weighted by atomic mass is 35.5. The Morgan fingerprint density at radius 3 is 2.50 bits per heavy atom. The first-order valence-electron chi connectivity index (χ1n) is 12.1. The molecule has 0 bridgehead atoms. The van der Waals surface area contributed by atoms with Crippen molar-refractivity contribution in [3.05, 3.63) is 35.4 Å². The molecule has 3 N–H and O–H groups in total. The SMILES string of the molecule is CN(C)C(=O)N1CCC(Oc2nc3nc(-c4ccc(NC5CC(C(=O)O)C5)cc4)c(Cl)cc3[nH]2)CC1. The Morgan fingerprint density at radius 2 is 1.86 bits per heavy atom. The molecule has 1 aromatic carbocycles.